The Hall–Kier alpha value is -2.43. The monoisotopic (exact) mass is 273 g/mol. The fourth-order valence-electron chi connectivity index (χ4n) is 1.84. The van der Waals surface area contributed by atoms with Gasteiger partial charge in [-0.05, 0) is 24.6 Å². The number of halogens is 1. The number of rotatable bonds is 4. The van der Waals surface area contributed by atoms with E-state index in [-0.39, 0.29) is 18.3 Å². The number of benzene rings is 1. The number of hydrogen-bond donors (Lipinski definition) is 2. The van der Waals surface area contributed by atoms with Crippen LogP contribution >= 0.6 is 0 Å². The number of aromatic nitrogens is 1. The summed E-state index contributed by atoms with van der Waals surface area (Å²) in [6, 6.07) is 9.53. The van der Waals surface area contributed by atoms with Gasteiger partial charge in [0.2, 0.25) is 0 Å². The molecule has 5 heteroatoms. The van der Waals surface area contributed by atoms with Crippen molar-refractivity contribution in [2.75, 3.05) is 5.73 Å². The number of aryl methyl sites for hydroxylation is 1. The van der Waals surface area contributed by atoms with Crippen molar-refractivity contribution >= 4 is 11.7 Å². The normalized spacial score (nSPS) is 10.3. The Kier molecular flexibility index (Phi) is 4.30. The van der Waals surface area contributed by atoms with Gasteiger partial charge in [-0.25, -0.2) is 9.37 Å². The van der Waals surface area contributed by atoms with E-state index in [0.717, 1.165) is 5.69 Å². The van der Waals surface area contributed by atoms with Crippen LogP contribution in [0, 0.1) is 5.82 Å². The van der Waals surface area contributed by atoms with Crippen molar-refractivity contribution < 1.29 is 9.18 Å². The molecule has 1 heterocycles. The van der Waals surface area contributed by atoms with Gasteiger partial charge in [0.05, 0.1) is 0 Å². The summed E-state index contributed by atoms with van der Waals surface area (Å²) in [5, 5.41) is 2.67. The van der Waals surface area contributed by atoms with E-state index in [4.69, 9.17) is 5.73 Å². The Morgan fingerprint density at radius 3 is 2.80 bits per heavy atom. The van der Waals surface area contributed by atoms with Crippen molar-refractivity contribution in [1.82, 2.24) is 10.3 Å². The second-order valence-electron chi connectivity index (χ2n) is 4.40. The van der Waals surface area contributed by atoms with Gasteiger partial charge in [-0.1, -0.05) is 25.1 Å². The molecule has 3 N–H and O–H groups in total. The van der Waals surface area contributed by atoms with Gasteiger partial charge in [0.15, 0.2) is 0 Å². The van der Waals surface area contributed by atoms with E-state index < -0.39 is 0 Å². The van der Waals surface area contributed by atoms with Crippen molar-refractivity contribution in [2.24, 2.45) is 0 Å². The Morgan fingerprint density at radius 2 is 2.10 bits per heavy atom. The van der Waals surface area contributed by atoms with Gasteiger partial charge in [-0.2, -0.15) is 0 Å². The van der Waals surface area contributed by atoms with Crippen molar-refractivity contribution in [3.8, 4) is 0 Å². The Morgan fingerprint density at radius 1 is 1.35 bits per heavy atom. The summed E-state index contributed by atoms with van der Waals surface area (Å²) >= 11 is 0. The van der Waals surface area contributed by atoms with Crippen molar-refractivity contribution in [1.29, 1.82) is 0 Å². The molecule has 0 spiro atoms. The zero-order valence-electron chi connectivity index (χ0n) is 11.2. The number of carbonyl (C=O) groups excluding carboxylic acids is 1. The standard InChI is InChI=1S/C15H16FN3O/c1-2-12-7-11(8-14(17)19-12)15(20)18-9-10-5-3-4-6-13(10)16/h3-8H,2,9H2,1H3,(H2,17,19)(H,18,20). The molecule has 0 fully saturated rings. The van der Waals surface area contributed by atoms with Crippen LogP contribution in [0.4, 0.5) is 10.2 Å². The van der Waals surface area contributed by atoms with Crippen LogP contribution in [0.1, 0.15) is 28.5 Å². The second-order valence-corrected chi connectivity index (χ2v) is 4.40. The fraction of sp³-hybridized carbons (Fsp3) is 0.200. The summed E-state index contributed by atoms with van der Waals surface area (Å²) in [5.74, 6) is -0.325. The number of anilines is 1. The second kappa shape index (κ2) is 6.14. The highest BCUT2D eigenvalue weighted by Gasteiger charge is 2.09. The molecule has 0 aliphatic heterocycles. The smallest absolute Gasteiger partial charge is 0.251 e. The van der Waals surface area contributed by atoms with Crippen LogP contribution in [0.25, 0.3) is 0 Å². The SMILES string of the molecule is CCc1cc(C(=O)NCc2ccccc2F)cc(N)n1. The third kappa shape index (κ3) is 3.32. The van der Waals surface area contributed by atoms with E-state index in [1.807, 2.05) is 6.92 Å². The molecule has 4 nitrogen and oxygen atoms in total. The minimum atomic E-state index is -0.337. The predicted octanol–water partition coefficient (Wildman–Crippen LogP) is 2.30. The summed E-state index contributed by atoms with van der Waals surface area (Å²) in [6.07, 6.45) is 0.693. The highest BCUT2D eigenvalue weighted by molar-refractivity contribution is 5.94. The maximum absolute atomic E-state index is 13.4. The minimum Gasteiger partial charge on any atom is -0.384 e. The number of nitrogens with zero attached hydrogens (tertiary/aromatic N) is 1. The van der Waals surface area contributed by atoms with E-state index in [9.17, 15) is 9.18 Å². The van der Waals surface area contributed by atoms with E-state index in [2.05, 4.69) is 10.3 Å². The summed E-state index contributed by atoms with van der Waals surface area (Å²) in [5.41, 5.74) is 7.28. The first kappa shape index (κ1) is 14.0. The lowest BCUT2D eigenvalue weighted by Crippen LogP contribution is -2.23. The number of nitrogens with one attached hydrogen (secondary N) is 1. The van der Waals surface area contributed by atoms with E-state index in [1.54, 1.807) is 24.3 Å². The number of nitrogens with two attached hydrogens (primary N) is 1. The van der Waals surface area contributed by atoms with E-state index >= 15 is 0 Å². The number of carbonyl (C=O) groups is 1. The Balaban J connectivity index is 2.09. The lowest BCUT2D eigenvalue weighted by Gasteiger charge is -2.08. The molecule has 2 rings (SSSR count). The van der Waals surface area contributed by atoms with Gasteiger partial charge < -0.3 is 11.1 Å². The lowest BCUT2D eigenvalue weighted by molar-refractivity contribution is 0.0950. The van der Waals surface area contributed by atoms with Crippen LogP contribution in [0.2, 0.25) is 0 Å². The van der Waals surface area contributed by atoms with Crippen molar-refractivity contribution in [3.63, 3.8) is 0 Å². The molecule has 20 heavy (non-hydrogen) atoms. The molecule has 104 valence electrons. The Bertz CT molecular complexity index is 628. The van der Waals surface area contributed by atoms with Crippen LogP contribution < -0.4 is 11.1 Å². The van der Waals surface area contributed by atoms with Crippen molar-refractivity contribution in [2.45, 2.75) is 19.9 Å². The van der Waals surface area contributed by atoms with Gasteiger partial charge in [-0.3, -0.25) is 4.79 Å². The van der Waals surface area contributed by atoms with E-state index in [1.165, 1.54) is 12.1 Å². The molecule has 0 unspecified atom stereocenters. The predicted molar refractivity (Wildman–Crippen MR) is 75.6 cm³/mol. The van der Waals surface area contributed by atoms with Crippen LogP contribution in [0.5, 0.6) is 0 Å². The first-order valence-corrected chi connectivity index (χ1v) is 6.38. The third-order valence-electron chi connectivity index (χ3n) is 2.92. The minimum absolute atomic E-state index is 0.134. The molecule has 0 atom stereocenters. The quantitative estimate of drug-likeness (QED) is 0.898. The zero-order valence-corrected chi connectivity index (χ0v) is 11.2. The summed E-state index contributed by atoms with van der Waals surface area (Å²) in [4.78, 5) is 16.1. The topological polar surface area (TPSA) is 68.0 Å². The molecule has 0 aliphatic carbocycles. The fourth-order valence-corrected chi connectivity index (χ4v) is 1.84. The van der Waals surface area contributed by atoms with Gasteiger partial charge in [0, 0.05) is 23.4 Å². The van der Waals surface area contributed by atoms with E-state index in [0.29, 0.717) is 23.4 Å². The Labute approximate surface area is 116 Å². The number of pyridine rings is 1. The average Bonchev–Trinajstić information content (AvgIpc) is 2.45. The van der Waals surface area contributed by atoms with Gasteiger partial charge in [-0.15, -0.1) is 0 Å². The molecular weight excluding hydrogens is 257 g/mol. The molecule has 2 aromatic rings. The highest BCUT2D eigenvalue weighted by Crippen LogP contribution is 2.10. The molecule has 1 aromatic carbocycles. The van der Waals surface area contributed by atoms with Crippen LogP contribution in [-0.4, -0.2) is 10.9 Å². The third-order valence-corrected chi connectivity index (χ3v) is 2.92. The molecule has 1 aromatic heterocycles. The van der Waals surface area contributed by atoms with Crippen molar-refractivity contribution in [3.05, 3.63) is 59.0 Å². The number of amides is 1. The largest absolute Gasteiger partial charge is 0.384 e. The van der Waals surface area contributed by atoms with Crippen LogP contribution in [-0.2, 0) is 13.0 Å². The zero-order chi connectivity index (χ0) is 14.5. The highest BCUT2D eigenvalue weighted by atomic mass is 19.1. The first-order chi connectivity index (χ1) is 9.60. The molecule has 0 saturated heterocycles. The lowest BCUT2D eigenvalue weighted by atomic mass is 10.1. The maximum atomic E-state index is 13.4. The van der Waals surface area contributed by atoms with Crippen LogP contribution in [0.15, 0.2) is 36.4 Å². The molecular formula is C15H16FN3O. The average molecular weight is 273 g/mol. The first-order valence-electron chi connectivity index (χ1n) is 6.38. The van der Waals surface area contributed by atoms with Gasteiger partial charge >= 0.3 is 0 Å². The molecule has 0 aliphatic rings. The maximum Gasteiger partial charge on any atom is 0.251 e. The van der Waals surface area contributed by atoms with Gasteiger partial charge in [0.25, 0.3) is 5.91 Å². The summed E-state index contributed by atoms with van der Waals surface area (Å²) < 4.78 is 13.4. The summed E-state index contributed by atoms with van der Waals surface area (Å²) in [6.45, 7) is 2.07. The van der Waals surface area contributed by atoms with Crippen LogP contribution in [0.3, 0.4) is 0 Å². The molecule has 0 saturated carbocycles. The summed E-state index contributed by atoms with van der Waals surface area (Å²) in [7, 11) is 0. The number of hydrogen-bond acceptors (Lipinski definition) is 3. The number of nitrogen functional groups attached to an aromatic ring is 1. The molecule has 1 amide bonds. The molecule has 0 radical (unpaired) electrons. The molecule has 0 bridgehead atoms. The van der Waals surface area contributed by atoms with Gasteiger partial charge in [0.1, 0.15) is 11.6 Å².